The normalized spacial score (nSPS) is 13.8. The van der Waals surface area contributed by atoms with Crippen LogP contribution in [-0.2, 0) is 10.8 Å². The van der Waals surface area contributed by atoms with Crippen LogP contribution >= 0.6 is 0 Å². The van der Waals surface area contributed by atoms with Gasteiger partial charge < -0.3 is 0 Å². The van der Waals surface area contributed by atoms with Crippen LogP contribution in [0.3, 0.4) is 0 Å². The maximum Gasteiger partial charge on any atom is 0.178 e. The summed E-state index contributed by atoms with van der Waals surface area (Å²) in [4.78, 5) is 12.5. The molecule has 0 amide bonds. The van der Waals surface area contributed by atoms with E-state index >= 15 is 0 Å². The average molecular weight is 294 g/mol. The number of carbonyl (C=O) groups excluding carboxylic acids is 1. The number of hydrogen-bond acceptors (Lipinski definition) is 2. The minimum absolute atomic E-state index is 0.300. The number of carbonyl (C=O) groups is 1. The summed E-state index contributed by atoms with van der Waals surface area (Å²) in [5.74, 6) is -1.20. The van der Waals surface area contributed by atoms with Crippen LogP contribution in [0, 0.1) is 11.6 Å². The molecule has 0 fully saturated rings. The molecule has 2 atom stereocenters. The molecule has 0 aliphatic carbocycles. The predicted octanol–water partition coefficient (Wildman–Crippen LogP) is 3.34. The molecule has 0 radical (unpaired) electrons. The Hall–Kier alpha value is -1.88. The van der Waals surface area contributed by atoms with Gasteiger partial charge in [0.15, 0.2) is 5.78 Å². The number of benzene rings is 2. The number of hydrogen-bond donors (Lipinski definition) is 0. The van der Waals surface area contributed by atoms with Crippen LogP contribution in [0.2, 0.25) is 0 Å². The van der Waals surface area contributed by atoms with Gasteiger partial charge in [-0.3, -0.25) is 9.00 Å². The van der Waals surface area contributed by atoms with E-state index in [0.717, 1.165) is 0 Å². The van der Waals surface area contributed by atoms with E-state index in [4.69, 9.17) is 0 Å². The summed E-state index contributed by atoms with van der Waals surface area (Å²) in [5.41, 5.74) is 0.300. The maximum absolute atomic E-state index is 12.8. The van der Waals surface area contributed by atoms with Gasteiger partial charge in [-0.05, 0) is 55.5 Å². The van der Waals surface area contributed by atoms with Crippen molar-refractivity contribution in [1.82, 2.24) is 0 Å². The van der Waals surface area contributed by atoms with Crippen LogP contribution in [0.25, 0.3) is 0 Å². The Labute approximate surface area is 117 Å². The van der Waals surface area contributed by atoms with Crippen LogP contribution in [0.4, 0.5) is 8.78 Å². The number of Topliss-reactive ketones (excluding diaryl/α,β-unsaturated/α-hetero) is 1. The van der Waals surface area contributed by atoms with Gasteiger partial charge in [-0.25, -0.2) is 8.78 Å². The highest BCUT2D eigenvalue weighted by molar-refractivity contribution is 7.86. The summed E-state index contributed by atoms with van der Waals surface area (Å²) in [7, 11) is -1.58. The van der Waals surface area contributed by atoms with Gasteiger partial charge in [-0.2, -0.15) is 0 Å². The molecule has 0 saturated carbocycles. The second-order valence-corrected chi connectivity index (χ2v) is 6.04. The highest BCUT2D eigenvalue weighted by Crippen LogP contribution is 2.16. The smallest absolute Gasteiger partial charge is 0.178 e. The Kier molecular flexibility index (Phi) is 4.39. The standard InChI is InChI=1S/C15H12F2O2S/c1-10(15(18)11-2-4-12(16)5-3-11)20(19)14-8-6-13(17)7-9-14/h2-10H,1H3. The van der Waals surface area contributed by atoms with Crippen molar-refractivity contribution in [2.75, 3.05) is 0 Å². The van der Waals surface area contributed by atoms with Gasteiger partial charge in [0.2, 0.25) is 0 Å². The van der Waals surface area contributed by atoms with Crippen molar-refractivity contribution >= 4 is 16.6 Å². The summed E-state index contributed by atoms with van der Waals surface area (Å²) >= 11 is 0. The number of ketones is 1. The lowest BCUT2D eigenvalue weighted by Gasteiger charge is -2.10. The van der Waals surface area contributed by atoms with E-state index in [9.17, 15) is 17.8 Å². The molecular weight excluding hydrogens is 282 g/mol. The Morgan fingerprint density at radius 1 is 0.950 bits per heavy atom. The summed E-state index contributed by atoms with van der Waals surface area (Å²) < 4.78 is 37.8. The van der Waals surface area contributed by atoms with Gasteiger partial charge >= 0.3 is 0 Å². The molecule has 20 heavy (non-hydrogen) atoms. The molecule has 2 aromatic rings. The van der Waals surface area contributed by atoms with Crippen molar-refractivity contribution < 1.29 is 17.8 Å². The number of halogens is 2. The molecule has 0 aliphatic heterocycles. The first-order valence-electron chi connectivity index (χ1n) is 5.95. The summed E-state index contributed by atoms with van der Waals surface area (Å²) in [5, 5.41) is -0.786. The van der Waals surface area contributed by atoms with Gasteiger partial charge in [0.05, 0.1) is 16.0 Å². The van der Waals surface area contributed by atoms with Gasteiger partial charge in [0, 0.05) is 10.5 Å². The highest BCUT2D eigenvalue weighted by atomic mass is 32.2. The molecule has 2 unspecified atom stereocenters. The summed E-state index contributed by atoms with van der Waals surface area (Å²) in [6.07, 6.45) is 0. The van der Waals surface area contributed by atoms with E-state index in [-0.39, 0.29) is 5.78 Å². The van der Waals surface area contributed by atoms with Crippen LogP contribution in [0.1, 0.15) is 17.3 Å². The summed E-state index contributed by atoms with van der Waals surface area (Å²) in [6.45, 7) is 1.53. The average Bonchev–Trinajstić information content (AvgIpc) is 2.46. The second kappa shape index (κ2) is 6.05. The first-order valence-corrected chi connectivity index (χ1v) is 7.16. The van der Waals surface area contributed by atoms with E-state index in [2.05, 4.69) is 0 Å². The van der Waals surface area contributed by atoms with E-state index in [1.54, 1.807) is 0 Å². The van der Waals surface area contributed by atoms with Gasteiger partial charge in [0.25, 0.3) is 0 Å². The molecule has 5 heteroatoms. The molecule has 0 spiro atoms. The van der Waals surface area contributed by atoms with Crippen molar-refractivity contribution in [2.45, 2.75) is 17.1 Å². The predicted molar refractivity (Wildman–Crippen MR) is 73.0 cm³/mol. The molecule has 0 bridgehead atoms. The Balaban J connectivity index is 2.20. The zero-order valence-corrected chi connectivity index (χ0v) is 11.5. The van der Waals surface area contributed by atoms with Crippen LogP contribution < -0.4 is 0 Å². The van der Waals surface area contributed by atoms with E-state index in [1.807, 2.05) is 0 Å². The van der Waals surface area contributed by atoms with Gasteiger partial charge in [-0.1, -0.05) is 0 Å². The highest BCUT2D eigenvalue weighted by Gasteiger charge is 2.22. The molecule has 104 valence electrons. The van der Waals surface area contributed by atoms with Gasteiger partial charge in [0.1, 0.15) is 11.6 Å². The molecule has 0 aromatic heterocycles. The third-order valence-corrected chi connectivity index (χ3v) is 4.46. The topological polar surface area (TPSA) is 34.1 Å². The van der Waals surface area contributed by atoms with Crippen molar-refractivity contribution in [3.63, 3.8) is 0 Å². The fourth-order valence-electron chi connectivity index (χ4n) is 1.72. The molecule has 0 N–H and O–H groups in total. The summed E-state index contributed by atoms with van der Waals surface area (Å²) in [6, 6.07) is 10.2. The fourth-order valence-corrected chi connectivity index (χ4v) is 2.86. The Morgan fingerprint density at radius 2 is 1.40 bits per heavy atom. The zero-order valence-electron chi connectivity index (χ0n) is 10.7. The third kappa shape index (κ3) is 3.17. The van der Waals surface area contributed by atoms with Crippen molar-refractivity contribution in [3.8, 4) is 0 Å². The van der Waals surface area contributed by atoms with Crippen LogP contribution in [0.5, 0.6) is 0 Å². The molecule has 2 rings (SSSR count). The Bertz CT molecular complexity index is 578. The molecule has 2 aromatic carbocycles. The Morgan fingerprint density at radius 3 is 1.90 bits per heavy atom. The van der Waals surface area contributed by atoms with Crippen molar-refractivity contribution in [2.24, 2.45) is 0 Å². The van der Waals surface area contributed by atoms with Crippen LogP contribution in [0.15, 0.2) is 53.4 Å². The lowest BCUT2D eigenvalue weighted by molar-refractivity contribution is 0.0992. The molecule has 0 heterocycles. The van der Waals surface area contributed by atoms with Crippen LogP contribution in [-0.4, -0.2) is 15.2 Å². The zero-order chi connectivity index (χ0) is 14.7. The molecule has 2 nitrogen and oxygen atoms in total. The minimum Gasteiger partial charge on any atom is -0.293 e. The lowest BCUT2D eigenvalue weighted by atomic mass is 10.1. The largest absolute Gasteiger partial charge is 0.293 e. The molecule has 0 saturated heterocycles. The maximum atomic E-state index is 12.8. The monoisotopic (exact) mass is 294 g/mol. The van der Waals surface area contributed by atoms with E-state index in [0.29, 0.717) is 10.5 Å². The van der Waals surface area contributed by atoms with Gasteiger partial charge in [-0.15, -0.1) is 0 Å². The van der Waals surface area contributed by atoms with Crippen molar-refractivity contribution in [3.05, 3.63) is 65.7 Å². The SMILES string of the molecule is CC(C(=O)c1ccc(F)cc1)S(=O)c1ccc(F)cc1. The molecular formula is C15H12F2O2S. The first kappa shape index (κ1) is 14.5. The molecule has 0 aliphatic rings. The van der Waals surface area contributed by atoms with Crippen molar-refractivity contribution in [1.29, 1.82) is 0 Å². The first-order chi connectivity index (χ1) is 9.49. The minimum atomic E-state index is -1.58. The van der Waals surface area contributed by atoms with E-state index in [1.165, 1.54) is 55.5 Å². The lowest BCUT2D eigenvalue weighted by Crippen LogP contribution is -2.22. The quantitative estimate of drug-likeness (QED) is 0.810. The number of rotatable bonds is 4. The second-order valence-electron chi connectivity index (χ2n) is 4.26. The third-order valence-electron chi connectivity index (χ3n) is 2.87. The fraction of sp³-hybridized carbons (Fsp3) is 0.133. The van der Waals surface area contributed by atoms with E-state index < -0.39 is 27.7 Å².